The molecule has 1 aromatic heterocycles. The predicted molar refractivity (Wildman–Crippen MR) is 107 cm³/mol. The summed E-state index contributed by atoms with van der Waals surface area (Å²) >= 11 is 0. The van der Waals surface area contributed by atoms with Gasteiger partial charge in [-0.2, -0.15) is 0 Å². The summed E-state index contributed by atoms with van der Waals surface area (Å²) in [5, 5.41) is 0. The lowest BCUT2D eigenvalue weighted by Crippen LogP contribution is -2.31. The highest BCUT2D eigenvalue weighted by atomic mass is 32.2. The number of aryl methyl sites for hydroxylation is 2. The molecule has 140 valence electrons. The van der Waals surface area contributed by atoms with Gasteiger partial charge in [0.1, 0.15) is 0 Å². The zero-order valence-electron chi connectivity index (χ0n) is 15.4. The lowest BCUT2D eigenvalue weighted by molar-refractivity contribution is 0.602. The lowest BCUT2D eigenvalue weighted by atomic mass is 10.1. The second kappa shape index (κ2) is 7.19. The number of imidazole rings is 1. The fourth-order valence-electron chi connectivity index (χ4n) is 3.58. The third-order valence-electron chi connectivity index (χ3n) is 5.11. The number of aromatic nitrogens is 2. The van der Waals surface area contributed by atoms with Gasteiger partial charge in [-0.25, -0.2) is 13.4 Å². The molecule has 5 nitrogen and oxygen atoms in total. The van der Waals surface area contributed by atoms with Crippen molar-refractivity contribution in [3.63, 3.8) is 0 Å². The van der Waals surface area contributed by atoms with Crippen molar-refractivity contribution in [1.29, 1.82) is 0 Å². The summed E-state index contributed by atoms with van der Waals surface area (Å²) in [6, 6.07) is 17.6. The van der Waals surface area contributed by atoms with Gasteiger partial charge in [0.2, 0.25) is 0 Å². The number of nitrogens with zero attached hydrogens (tertiary/aromatic N) is 3. The molecule has 0 spiro atoms. The van der Waals surface area contributed by atoms with Gasteiger partial charge in [-0.3, -0.25) is 0 Å². The molecule has 0 bridgehead atoms. The average Bonchev–Trinajstić information content (AvgIpc) is 3.09. The van der Waals surface area contributed by atoms with E-state index in [0.717, 1.165) is 43.9 Å². The van der Waals surface area contributed by atoms with Crippen LogP contribution in [0.25, 0.3) is 0 Å². The normalized spacial score (nSPS) is 14.2. The van der Waals surface area contributed by atoms with Gasteiger partial charge in [0.25, 0.3) is 0 Å². The van der Waals surface area contributed by atoms with Crippen molar-refractivity contribution >= 4 is 15.5 Å². The minimum absolute atomic E-state index is 0.356. The minimum Gasteiger partial charge on any atom is -0.365 e. The zero-order chi connectivity index (χ0) is 18.9. The van der Waals surface area contributed by atoms with Crippen molar-refractivity contribution in [3.05, 3.63) is 77.9 Å². The molecule has 0 N–H and O–H groups in total. The highest BCUT2D eigenvalue weighted by molar-refractivity contribution is 7.90. The first-order chi connectivity index (χ1) is 13.0. The van der Waals surface area contributed by atoms with Gasteiger partial charge in [0.05, 0.1) is 23.5 Å². The number of fused-ring (bicyclic) bond motifs is 1. The van der Waals surface area contributed by atoms with E-state index in [4.69, 9.17) is 0 Å². The summed E-state index contributed by atoms with van der Waals surface area (Å²) in [6.07, 6.45) is 5.12. The van der Waals surface area contributed by atoms with Crippen LogP contribution < -0.4 is 4.90 Å². The van der Waals surface area contributed by atoms with E-state index in [0.29, 0.717) is 4.90 Å². The van der Waals surface area contributed by atoms with Crippen molar-refractivity contribution in [2.45, 2.75) is 30.8 Å². The molecule has 0 aliphatic carbocycles. The molecule has 6 heteroatoms. The number of rotatable bonds is 5. The van der Waals surface area contributed by atoms with Gasteiger partial charge in [-0.1, -0.05) is 30.3 Å². The van der Waals surface area contributed by atoms with Gasteiger partial charge in [-0.15, -0.1) is 0 Å². The molecule has 0 atom stereocenters. The van der Waals surface area contributed by atoms with E-state index in [2.05, 4.69) is 38.7 Å². The Morgan fingerprint density at radius 3 is 2.48 bits per heavy atom. The van der Waals surface area contributed by atoms with Gasteiger partial charge < -0.3 is 9.47 Å². The van der Waals surface area contributed by atoms with Gasteiger partial charge in [0, 0.05) is 37.1 Å². The van der Waals surface area contributed by atoms with Crippen LogP contribution in [-0.4, -0.2) is 30.8 Å². The van der Waals surface area contributed by atoms with Crippen molar-refractivity contribution in [2.24, 2.45) is 0 Å². The van der Waals surface area contributed by atoms with E-state index < -0.39 is 9.84 Å². The number of sulfone groups is 1. The molecule has 2 heterocycles. The summed E-state index contributed by atoms with van der Waals surface area (Å²) < 4.78 is 25.5. The monoisotopic (exact) mass is 381 g/mol. The lowest BCUT2D eigenvalue weighted by Gasteiger charge is -2.29. The van der Waals surface area contributed by atoms with Crippen LogP contribution in [0.1, 0.15) is 17.0 Å². The highest BCUT2D eigenvalue weighted by Crippen LogP contribution is 2.25. The largest absolute Gasteiger partial charge is 0.365 e. The van der Waals surface area contributed by atoms with E-state index in [1.54, 1.807) is 12.1 Å². The van der Waals surface area contributed by atoms with Crippen LogP contribution in [0.3, 0.4) is 0 Å². The Hall–Kier alpha value is -2.60. The number of anilines is 1. The van der Waals surface area contributed by atoms with Crippen molar-refractivity contribution in [2.75, 3.05) is 17.7 Å². The Kier molecular flexibility index (Phi) is 4.74. The molecule has 1 aliphatic heterocycles. The van der Waals surface area contributed by atoms with Crippen LogP contribution in [0, 0.1) is 0 Å². The van der Waals surface area contributed by atoms with Gasteiger partial charge in [-0.05, 0) is 36.2 Å². The van der Waals surface area contributed by atoms with Crippen LogP contribution in [-0.2, 0) is 35.8 Å². The molecule has 0 radical (unpaired) electrons. The van der Waals surface area contributed by atoms with E-state index in [-0.39, 0.29) is 0 Å². The third-order valence-corrected chi connectivity index (χ3v) is 6.23. The maximum Gasteiger partial charge on any atom is 0.175 e. The van der Waals surface area contributed by atoms with E-state index in [1.807, 2.05) is 24.5 Å². The topological polar surface area (TPSA) is 55.2 Å². The quantitative estimate of drug-likeness (QED) is 0.682. The van der Waals surface area contributed by atoms with Gasteiger partial charge >= 0.3 is 0 Å². The molecular formula is C21H23N3O2S. The smallest absolute Gasteiger partial charge is 0.175 e. The Morgan fingerprint density at radius 2 is 1.78 bits per heavy atom. The molecule has 0 fully saturated rings. The van der Waals surface area contributed by atoms with Crippen molar-refractivity contribution in [3.8, 4) is 0 Å². The fourth-order valence-corrected chi connectivity index (χ4v) is 4.21. The van der Waals surface area contributed by atoms with Crippen LogP contribution in [0.5, 0.6) is 0 Å². The standard InChI is InChI=1S/C21H23N3O2S/c1-27(25,26)19-9-7-18(8-10-19)23-14-12-21-20(15-23)22-16-24(21)13-11-17-5-3-2-4-6-17/h2-10,16H,11-15H2,1H3. The summed E-state index contributed by atoms with van der Waals surface area (Å²) in [5.74, 6) is 0. The fraction of sp³-hybridized carbons (Fsp3) is 0.286. The second-order valence-corrected chi connectivity index (χ2v) is 9.02. The molecule has 0 saturated carbocycles. The Bertz CT molecular complexity index is 1030. The Morgan fingerprint density at radius 1 is 1.04 bits per heavy atom. The SMILES string of the molecule is CS(=O)(=O)c1ccc(N2CCc3c(ncn3CCc3ccccc3)C2)cc1. The molecule has 3 aromatic rings. The zero-order valence-corrected chi connectivity index (χ0v) is 16.2. The summed E-state index contributed by atoms with van der Waals surface area (Å²) in [6.45, 7) is 2.60. The number of hydrogen-bond acceptors (Lipinski definition) is 4. The molecule has 4 rings (SSSR count). The van der Waals surface area contributed by atoms with Crippen LogP contribution >= 0.6 is 0 Å². The molecule has 1 aliphatic rings. The third kappa shape index (κ3) is 3.90. The summed E-state index contributed by atoms with van der Waals surface area (Å²) in [5.41, 5.74) is 4.80. The Balaban J connectivity index is 1.46. The number of hydrogen-bond donors (Lipinski definition) is 0. The predicted octanol–water partition coefficient (Wildman–Crippen LogP) is 3.09. The maximum atomic E-state index is 11.6. The molecule has 2 aromatic carbocycles. The van der Waals surface area contributed by atoms with Crippen molar-refractivity contribution in [1.82, 2.24) is 9.55 Å². The van der Waals surface area contributed by atoms with Crippen molar-refractivity contribution < 1.29 is 8.42 Å². The summed E-state index contributed by atoms with van der Waals surface area (Å²) in [7, 11) is -3.16. The first-order valence-electron chi connectivity index (χ1n) is 9.12. The molecular weight excluding hydrogens is 358 g/mol. The second-order valence-electron chi connectivity index (χ2n) is 7.00. The van der Waals surface area contributed by atoms with Gasteiger partial charge in [0.15, 0.2) is 9.84 Å². The van der Waals surface area contributed by atoms with Crippen LogP contribution in [0.15, 0.2) is 65.8 Å². The highest BCUT2D eigenvalue weighted by Gasteiger charge is 2.21. The molecule has 0 unspecified atom stereocenters. The van der Waals surface area contributed by atoms with E-state index >= 15 is 0 Å². The minimum atomic E-state index is -3.16. The molecule has 0 amide bonds. The van der Waals surface area contributed by atoms with E-state index in [9.17, 15) is 8.42 Å². The number of benzene rings is 2. The van der Waals surface area contributed by atoms with E-state index in [1.165, 1.54) is 17.5 Å². The molecule has 27 heavy (non-hydrogen) atoms. The van der Waals surface area contributed by atoms with Crippen LogP contribution in [0.4, 0.5) is 5.69 Å². The Labute approximate surface area is 160 Å². The maximum absolute atomic E-state index is 11.6. The first kappa shape index (κ1) is 17.8. The van der Waals surface area contributed by atoms with Crippen LogP contribution in [0.2, 0.25) is 0 Å². The molecule has 0 saturated heterocycles. The first-order valence-corrected chi connectivity index (χ1v) is 11.0. The average molecular weight is 382 g/mol. The summed E-state index contributed by atoms with van der Waals surface area (Å²) in [4.78, 5) is 7.24.